The molecule has 0 radical (unpaired) electrons. The number of sulfonamides is 1. The number of rotatable bonds is 15. The number of hydrogen-bond acceptors (Lipinski definition) is 5. The van der Waals surface area contributed by atoms with E-state index in [1.165, 1.54) is 4.90 Å². The van der Waals surface area contributed by atoms with Crippen molar-refractivity contribution >= 4 is 21.8 Å². The summed E-state index contributed by atoms with van der Waals surface area (Å²) in [4.78, 5) is 29.1. The minimum atomic E-state index is -3.73. The van der Waals surface area contributed by atoms with Gasteiger partial charge in [0, 0.05) is 26.1 Å². The third kappa shape index (κ3) is 9.50. The summed E-state index contributed by atoms with van der Waals surface area (Å²) < 4.78 is 31.9. The van der Waals surface area contributed by atoms with Crippen LogP contribution in [0.2, 0.25) is 0 Å². The van der Waals surface area contributed by atoms with Gasteiger partial charge in [-0.15, -0.1) is 0 Å². The van der Waals surface area contributed by atoms with Gasteiger partial charge in [0.05, 0.1) is 19.9 Å². The van der Waals surface area contributed by atoms with Crippen LogP contribution in [-0.2, 0) is 39.1 Å². The Morgan fingerprint density at radius 2 is 1.43 bits per heavy atom. The quantitative estimate of drug-likeness (QED) is 0.281. The van der Waals surface area contributed by atoms with E-state index in [9.17, 15) is 18.0 Å². The molecule has 0 aliphatic heterocycles. The van der Waals surface area contributed by atoms with Crippen molar-refractivity contribution in [3.63, 3.8) is 0 Å². The lowest BCUT2D eigenvalue weighted by atomic mass is 10.0. The number of carbonyl (C=O) groups is 2. The van der Waals surface area contributed by atoms with Crippen LogP contribution in [0.3, 0.4) is 0 Å². The molecule has 8 nitrogen and oxygen atoms in total. The highest BCUT2D eigenvalue weighted by Crippen LogP contribution is 2.19. The summed E-state index contributed by atoms with van der Waals surface area (Å²) in [5.41, 5.74) is 2.46. The van der Waals surface area contributed by atoms with Crippen LogP contribution >= 0.6 is 0 Å². The molecule has 2 amide bonds. The Morgan fingerprint density at radius 1 is 0.850 bits per heavy atom. The minimum Gasteiger partial charge on any atom is -0.497 e. The van der Waals surface area contributed by atoms with Gasteiger partial charge in [0.25, 0.3) is 0 Å². The van der Waals surface area contributed by atoms with Gasteiger partial charge in [0.1, 0.15) is 11.8 Å². The summed E-state index contributed by atoms with van der Waals surface area (Å²) in [6.45, 7) is 2.32. The summed E-state index contributed by atoms with van der Waals surface area (Å²) in [6.07, 6.45) is 3.12. The van der Waals surface area contributed by atoms with Crippen molar-refractivity contribution in [1.82, 2.24) is 14.5 Å². The first-order valence-corrected chi connectivity index (χ1v) is 15.3. The van der Waals surface area contributed by atoms with Crippen LogP contribution in [0.1, 0.15) is 36.5 Å². The molecule has 40 heavy (non-hydrogen) atoms. The van der Waals surface area contributed by atoms with Gasteiger partial charge in [-0.1, -0.05) is 86.1 Å². The number of nitrogens with one attached hydrogen (secondary N) is 1. The number of hydrogen-bond donors (Lipinski definition) is 1. The molecule has 0 aliphatic carbocycles. The second kappa shape index (κ2) is 15.2. The molecule has 0 saturated carbocycles. The van der Waals surface area contributed by atoms with Crippen molar-refractivity contribution in [2.24, 2.45) is 0 Å². The van der Waals surface area contributed by atoms with Crippen LogP contribution in [0, 0.1) is 0 Å². The first-order chi connectivity index (χ1) is 19.2. The Balaban J connectivity index is 1.97. The van der Waals surface area contributed by atoms with Crippen molar-refractivity contribution in [2.75, 3.05) is 26.5 Å². The molecule has 1 N–H and O–H groups in total. The molecule has 0 spiro atoms. The van der Waals surface area contributed by atoms with Crippen molar-refractivity contribution in [3.05, 3.63) is 102 Å². The van der Waals surface area contributed by atoms with Crippen LogP contribution in [0.25, 0.3) is 0 Å². The fourth-order valence-electron chi connectivity index (χ4n) is 4.31. The maximum absolute atomic E-state index is 14.0. The normalized spacial score (nSPS) is 12.1. The van der Waals surface area contributed by atoms with E-state index in [0.717, 1.165) is 40.1 Å². The predicted molar refractivity (Wildman–Crippen MR) is 157 cm³/mol. The number of carbonyl (C=O) groups excluding carboxylic acids is 2. The highest BCUT2D eigenvalue weighted by atomic mass is 32.2. The maximum Gasteiger partial charge on any atom is 0.243 e. The third-order valence-corrected chi connectivity index (χ3v) is 7.79. The summed E-state index contributed by atoms with van der Waals surface area (Å²) in [7, 11) is -2.15. The second-order valence-corrected chi connectivity index (χ2v) is 11.7. The molecule has 3 aromatic carbocycles. The van der Waals surface area contributed by atoms with Gasteiger partial charge in [0.15, 0.2) is 0 Å². The predicted octanol–water partition coefficient (Wildman–Crippen LogP) is 4.01. The molecule has 3 rings (SSSR count). The molecule has 0 bridgehead atoms. The fourth-order valence-corrected chi connectivity index (χ4v) is 5.04. The van der Waals surface area contributed by atoms with E-state index in [-0.39, 0.29) is 25.4 Å². The lowest BCUT2D eigenvalue weighted by molar-refractivity contribution is -0.141. The van der Waals surface area contributed by atoms with E-state index >= 15 is 0 Å². The maximum atomic E-state index is 14.0. The Labute approximate surface area is 238 Å². The molecule has 0 fully saturated rings. The smallest absolute Gasteiger partial charge is 0.243 e. The summed E-state index contributed by atoms with van der Waals surface area (Å²) >= 11 is 0. The van der Waals surface area contributed by atoms with E-state index in [4.69, 9.17) is 4.74 Å². The highest BCUT2D eigenvalue weighted by Gasteiger charge is 2.32. The standard InChI is InChI=1S/C31H39N3O5S/c1-4-5-20-32-31(36)29(21-25-12-8-6-9-13-25)34(23-27-16-18-28(39-2)19-17-27)30(35)24-33(40(3,37)38)22-26-14-10-7-11-15-26/h6-19,29H,4-5,20-24H2,1-3H3,(H,32,36)/t29-/m0/s1. The van der Waals surface area contributed by atoms with Crippen LogP contribution < -0.4 is 10.1 Å². The summed E-state index contributed by atoms with van der Waals surface area (Å²) in [5.74, 6) is -0.0530. The largest absolute Gasteiger partial charge is 0.497 e. The van der Waals surface area contributed by atoms with Gasteiger partial charge in [-0.05, 0) is 35.2 Å². The Hall–Kier alpha value is -3.69. The molecule has 0 aliphatic rings. The van der Waals surface area contributed by atoms with Gasteiger partial charge < -0.3 is 15.0 Å². The minimum absolute atomic E-state index is 0.0494. The van der Waals surface area contributed by atoms with Crippen molar-refractivity contribution in [2.45, 2.75) is 45.3 Å². The lowest BCUT2D eigenvalue weighted by Gasteiger charge is -2.33. The highest BCUT2D eigenvalue weighted by molar-refractivity contribution is 7.88. The number of benzene rings is 3. The van der Waals surface area contributed by atoms with Crippen molar-refractivity contribution < 1.29 is 22.7 Å². The molecule has 1 atom stereocenters. The zero-order valence-electron chi connectivity index (χ0n) is 23.5. The molecule has 9 heteroatoms. The Bertz CT molecular complexity index is 1320. The number of nitrogens with zero attached hydrogens (tertiary/aromatic N) is 2. The molecule has 0 aromatic heterocycles. The van der Waals surface area contributed by atoms with Gasteiger partial charge in [-0.2, -0.15) is 4.31 Å². The van der Waals surface area contributed by atoms with Crippen molar-refractivity contribution in [3.8, 4) is 5.75 Å². The Morgan fingerprint density at radius 3 is 1.98 bits per heavy atom. The van der Waals surface area contributed by atoms with E-state index < -0.39 is 28.5 Å². The van der Waals surface area contributed by atoms with E-state index in [1.807, 2.05) is 79.7 Å². The van der Waals surface area contributed by atoms with Gasteiger partial charge in [-0.3, -0.25) is 9.59 Å². The molecular formula is C31H39N3O5S. The van der Waals surface area contributed by atoms with E-state index in [1.54, 1.807) is 19.2 Å². The SMILES string of the molecule is CCCCNC(=O)[C@H](Cc1ccccc1)N(Cc1ccc(OC)cc1)C(=O)CN(Cc1ccccc1)S(C)(=O)=O. The van der Waals surface area contributed by atoms with E-state index in [2.05, 4.69) is 5.32 Å². The average Bonchev–Trinajstić information content (AvgIpc) is 2.95. The molecule has 0 heterocycles. The topological polar surface area (TPSA) is 96.0 Å². The number of unbranched alkanes of at least 4 members (excludes halogenated alkanes) is 1. The monoisotopic (exact) mass is 565 g/mol. The molecule has 3 aromatic rings. The second-order valence-electron chi connectivity index (χ2n) is 9.74. The van der Waals surface area contributed by atoms with Gasteiger partial charge >= 0.3 is 0 Å². The number of ether oxygens (including phenoxy) is 1. The number of methoxy groups -OCH3 is 1. The van der Waals surface area contributed by atoms with E-state index in [0.29, 0.717) is 12.3 Å². The lowest BCUT2D eigenvalue weighted by Crippen LogP contribution is -2.53. The van der Waals surface area contributed by atoms with Crippen molar-refractivity contribution in [1.29, 1.82) is 0 Å². The van der Waals surface area contributed by atoms with Crippen LogP contribution in [0.4, 0.5) is 0 Å². The molecule has 0 saturated heterocycles. The molecule has 0 unspecified atom stereocenters. The first kappa shape index (κ1) is 30.8. The Kier molecular flexibility index (Phi) is 11.7. The molecule has 214 valence electrons. The summed E-state index contributed by atoms with van der Waals surface area (Å²) in [6, 6.07) is 25.1. The van der Waals surface area contributed by atoms with Crippen LogP contribution in [-0.4, -0.2) is 61.9 Å². The van der Waals surface area contributed by atoms with Crippen LogP contribution in [0.15, 0.2) is 84.9 Å². The third-order valence-electron chi connectivity index (χ3n) is 6.60. The zero-order valence-corrected chi connectivity index (χ0v) is 24.3. The van der Waals surface area contributed by atoms with Gasteiger partial charge in [-0.25, -0.2) is 8.42 Å². The number of amides is 2. The zero-order chi connectivity index (χ0) is 29.0. The first-order valence-electron chi connectivity index (χ1n) is 13.4. The van der Waals surface area contributed by atoms with Crippen LogP contribution in [0.5, 0.6) is 5.75 Å². The molecular weight excluding hydrogens is 526 g/mol. The average molecular weight is 566 g/mol. The summed E-state index contributed by atoms with van der Waals surface area (Å²) in [5, 5.41) is 2.98. The van der Waals surface area contributed by atoms with Gasteiger partial charge in [0.2, 0.25) is 21.8 Å². The fraction of sp³-hybridized carbons (Fsp3) is 0.355.